The fourth-order valence-electron chi connectivity index (χ4n) is 2.57. The molecule has 0 saturated carbocycles. The fourth-order valence-corrected chi connectivity index (χ4v) is 2.57. The molecule has 0 spiro atoms. The van der Waals surface area contributed by atoms with Crippen LogP contribution in [0.25, 0.3) is 0 Å². The smallest absolute Gasteiger partial charge is 0.278 e. The van der Waals surface area contributed by atoms with Crippen molar-refractivity contribution in [2.24, 2.45) is 0 Å². The third-order valence-corrected chi connectivity index (χ3v) is 3.95. The predicted octanol–water partition coefficient (Wildman–Crippen LogP) is 2.69. The van der Waals surface area contributed by atoms with E-state index in [1.807, 2.05) is 44.3 Å². The molecule has 2 amide bonds. The first-order valence-electron chi connectivity index (χ1n) is 8.79. The second kappa shape index (κ2) is 8.31. The van der Waals surface area contributed by atoms with E-state index in [9.17, 15) is 9.59 Å². The summed E-state index contributed by atoms with van der Waals surface area (Å²) in [5.74, 6) is -0.570. The molecular weight excluding hydrogens is 344 g/mol. The van der Waals surface area contributed by atoms with E-state index in [1.165, 1.54) is 0 Å². The Morgan fingerprint density at radius 1 is 1.04 bits per heavy atom. The van der Waals surface area contributed by atoms with Gasteiger partial charge < -0.3 is 10.6 Å². The number of anilines is 2. The Morgan fingerprint density at radius 3 is 2.48 bits per heavy atom. The molecule has 8 nitrogen and oxygen atoms in total. The Labute approximate surface area is 157 Å². The maximum Gasteiger partial charge on any atom is 0.278 e. The summed E-state index contributed by atoms with van der Waals surface area (Å²) in [6.07, 6.45) is 3.74. The number of para-hydroxylation sites is 1. The second-order valence-corrected chi connectivity index (χ2v) is 6.09. The van der Waals surface area contributed by atoms with Crippen molar-refractivity contribution < 1.29 is 9.59 Å². The van der Waals surface area contributed by atoms with Crippen molar-refractivity contribution >= 4 is 23.2 Å². The highest BCUT2D eigenvalue weighted by molar-refractivity contribution is 6.08. The Bertz CT molecular complexity index is 929. The molecule has 3 rings (SSSR count). The van der Waals surface area contributed by atoms with Crippen molar-refractivity contribution in [3.63, 3.8) is 0 Å². The number of carbonyl (C=O) groups excluding carboxylic acids is 2. The van der Waals surface area contributed by atoms with E-state index in [-0.39, 0.29) is 23.9 Å². The topological polar surface area (TPSA) is 93.8 Å². The van der Waals surface area contributed by atoms with Crippen LogP contribution in [0.2, 0.25) is 0 Å². The quantitative estimate of drug-likeness (QED) is 0.672. The van der Waals surface area contributed by atoms with Crippen LogP contribution in [0.15, 0.2) is 48.8 Å². The molecule has 2 aromatic heterocycles. The van der Waals surface area contributed by atoms with Gasteiger partial charge in [0.2, 0.25) is 5.91 Å². The number of aromatic nitrogens is 4. The summed E-state index contributed by atoms with van der Waals surface area (Å²) in [5.41, 5.74) is 2.15. The summed E-state index contributed by atoms with van der Waals surface area (Å²) in [4.78, 5) is 24.9. The lowest BCUT2D eigenvalue weighted by molar-refractivity contribution is -0.116. The van der Waals surface area contributed by atoms with Crippen molar-refractivity contribution in [3.05, 3.63) is 60.2 Å². The van der Waals surface area contributed by atoms with Crippen LogP contribution < -0.4 is 10.6 Å². The molecule has 0 aliphatic carbocycles. The summed E-state index contributed by atoms with van der Waals surface area (Å²) >= 11 is 0. The first-order chi connectivity index (χ1) is 13.0. The standard InChI is InChI=1S/C19H22N6O2/c1-3-24-13-16(21-17(26)10-12-25-11-9-14(2)22-25)18(23-24)19(27)20-15-7-5-4-6-8-15/h4-9,11,13H,3,10,12H2,1-2H3,(H,20,27)(H,21,26). The van der Waals surface area contributed by atoms with Crippen LogP contribution in [0.1, 0.15) is 29.5 Å². The van der Waals surface area contributed by atoms with Crippen molar-refractivity contribution in [1.82, 2.24) is 19.6 Å². The van der Waals surface area contributed by atoms with Crippen LogP contribution in [0, 0.1) is 6.92 Å². The average molecular weight is 366 g/mol. The van der Waals surface area contributed by atoms with E-state index in [1.54, 1.807) is 27.7 Å². The minimum Gasteiger partial charge on any atom is -0.323 e. The molecule has 3 aromatic rings. The lowest BCUT2D eigenvalue weighted by atomic mass is 10.3. The minimum atomic E-state index is -0.369. The number of nitrogens with one attached hydrogen (secondary N) is 2. The van der Waals surface area contributed by atoms with Crippen LogP contribution in [0.5, 0.6) is 0 Å². The Kier molecular flexibility index (Phi) is 5.65. The second-order valence-electron chi connectivity index (χ2n) is 6.09. The zero-order chi connectivity index (χ0) is 19.2. The van der Waals surface area contributed by atoms with Crippen molar-refractivity contribution in [2.75, 3.05) is 10.6 Å². The number of amides is 2. The molecule has 0 aliphatic heterocycles. The van der Waals surface area contributed by atoms with Crippen LogP contribution in [-0.2, 0) is 17.9 Å². The zero-order valence-corrected chi connectivity index (χ0v) is 15.3. The van der Waals surface area contributed by atoms with Gasteiger partial charge >= 0.3 is 0 Å². The predicted molar refractivity (Wildman–Crippen MR) is 103 cm³/mol. The average Bonchev–Trinajstić information content (AvgIpc) is 3.27. The lowest BCUT2D eigenvalue weighted by Gasteiger charge is -2.07. The highest BCUT2D eigenvalue weighted by Gasteiger charge is 2.18. The van der Waals surface area contributed by atoms with Gasteiger partial charge in [0, 0.05) is 37.6 Å². The molecule has 0 radical (unpaired) electrons. The molecule has 2 N–H and O–H groups in total. The van der Waals surface area contributed by atoms with E-state index in [4.69, 9.17) is 0 Å². The van der Waals surface area contributed by atoms with Gasteiger partial charge in [-0.2, -0.15) is 10.2 Å². The molecule has 27 heavy (non-hydrogen) atoms. The molecule has 0 atom stereocenters. The van der Waals surface area contributed by atoms with Gasteiger partial charge in [0.15, 0.2) is 5.69 Å². The van der Waals surface area contributed by atoms with Crippen LogP contribution in [0.4, 0.5) is 11.4 Å². The molecule has 0 aliphatic rings. The SMILES string of the molecule is CCn1cc(NC(=O)CCn2ccc(C)n2)c(C(=O)Nc2ccccc2)n1. The van der Waals surface area contributed by atoms with E-state index in [0.717, 1.165) is 5.69 Å². The summed E-state index contributed by atoms with van der Waals surface area (Å²) in [6.45, 7) is 4.87. The third-order valence-electron chi connectivity index (χ3n) is 3.95. The Balaban J connectivity index is 1.68. The number of hydrogen-bond acceptors (Lipinski definition) is 4. The molecule has 140 valence electrons. The van der Waals surface area contributed by atoms with E-state index in [0.29, 0.717) is 24.5 Å². The number of rotatable bonds is 7. The first kappa shape index (κ1) is 18.4. The molecule has 0 saturated heterocycles. The summed E-state index contributed by atoms with van der Waals surface area (Å²) < 4.78 is 3.33. The molecule has 0 bridgehead atoms. The highest BCUT2D eigenvalue weighted by Crippen LogP contribution is 2.17. The number of hydrogen-bond donors (Lipinski definition) is 2. The number of aryl methyl sites for hydroxylation is 3. The largest absolute Gasteiger partial charge is 0.323 e. The summed E-state index contributed by atoms with van der Waals surface area (Å²) in [6, 6.07) is 11.0. The highest BCUT2D eigenvalue weighted by atomic mass is 16.2. The van der Waals surface area contributed by atoms with Gasteiger partial charge in [0.05, 0.1) is 11.4 Å². The van der Waals surface area contributed by atoms with E-state index >= 15 is 0 Å². The van der Waals surface area contributed by atoms with Gasteiger partial charge in [0.1, 0.15) is 0 Å². The summed E-state index contributed by atoms with van der Waals surface area (Å²) in [5, 5.41) is 14.1. The Hall–Kier alpha value is -3.42. The van der Waals surface area contributed by atoms with E-state index < -0.39 is 0 Å². The fraction of sp³-hybridized carbons (Fsp3) is 0.263. The maximum atomic E-state index is 12.6. The Morgan fingerprint density at radius 2 is 1.81 bits per heavy atom. The number of nitrogens with zero attached hydrogens (tertiary/aromatic N) is 4. The van der Waals surface area contributed by atoms with E-state index in [2.05, 4.69) is 20.8 Å². The van der Waals surface area contributed by atoms with Crippen molar-refractivity contribution in [1.29, 1.82) is 0 Å². The number of benzene rings is 1. The van der Waals surface area contributed by atoms with Crippen LogP contribution in [0.3, 0.4) is 0 Å². The molecule has 2 heterocycles. The molecular formula is C19H22N6O2. The first-order valence-corrected chi connectivity index (χ1v) is 8.79. The van der Waals surface area contributed by atoms with Gasteiger partial charge in [-0.1, -0.05) is 18.2 Å². The van der Waals surface area contributed by atoms with Crippen molar-refractivity contribution in [3.8, 4) is 0 Å². The maximum absolute atomic E-state index is 12.6. The van der Waals surface area contributed by atoms with Gasteiger partial charge in [-0.25, -0.2) is 0 Å². The molecule has 0 fully saturated rings. The zero-order valence-electron chi connectivity index (χ0n) is 15.3. The monoisotopic (exact) mass is 366 g/mol. The van der Waals surface area contributed by atoms with Gasteiger partial charge in [-0.15, -0.1) is 0 Å². The van der Waals surface area contributed by atoms with Gasteiger partial charge in [-0.3, -0.25) is 19.0 Å². The minimum absolute atomic E-state index is 0.184. The molecule has 8 heteroatoms. The normalized spacial score (nSPS) is 10.6. The van der Waals surface area contributed by atoms with Gasteiger partial charge in [0.25, 0.3) is 5.91 Å². The lowest BCUT2D eigenvalue weighted by Crippen LogP contribution is -2.19. The molecule has 0 unspecified atom stereocenters. The van der Waals surface area contributed by atoms with Crippen LogP contribution in [-0.4, -0.2) is 31.4 Å². The van der Waals surface area contributed by atoms with Crippen molar-refractivity contribution in [2.45, 2.75) is 33.4 Å². The van der Waals surface area contributed by atoms with Crippen LogP contribution >= 0.6 is 0 Å². The van der Waals surface area contributed by atoms with Gasteiger partial charge in [-0.05, 0) is 32.0 Å². The third kappa shape index (κ3) is 4.81. The number of carbonyl (C=O) groups is 2. The molecule has 1 aromatic carbocycles. The summed E-state index contributed by atoms with van der Waals surface area (Å²) in [7, 11) is 0.